The van der Waals surface area contributed by atoms with Crippen molar-refractivity contribution in [3.05, 3.63) is 65.2 Å². The number of nitrogens with zero attached hydrogens (tertiary/aromatic N) is 4. The van der Waals surface area contributed by atoms with E-state index < -0.39 is 51.7 Å². The summed E-state index contributed by atoms with van der Waals surface area (Å²) in [5.41, 5.74) is 1.11. The molecule has 19 nitrogen and oxygen atoms in total. The number of benzene rings is 2. The Bertz CT molecular complexity index is 2190. The van der Waals surface area contributed by atoms with Crippen LogP contribution in [0.3, 0.4) is 0 Å². The highest BCUT2D eigenvalue weighted by molar-refractivity contribution is 8.00. The van der Waals surface area contributed by atoms with E-state index in [2.05, 4.69) is 26.2 Å². The minimum Gasteiger partial charge on any atom is -0.494 e. The summed E-state index contributed by atoms with van der Waals surface area (Å²) in [6, 6.07) is 12.7. The van der Waals surface area contributed by atoms with E-state index in [0.717, 1.165) is 29.0 Å². The van der Waals surface area contributed by atoms with Crippen LogP contribution in [0, 0.1) is 5.92 Å². The van der Waals surface area contributed by atoms with Crippen molar-refractivity contribution in [2.24, 2.45) is 5.92 Å². The summed E-state index contributed by atoms with van der Waals surface area (Å²) in [5, 5.41) is 11.5. The maximum atomic E-state index is 13.5. The van der Waals surface area contributed by atoms with Gasteiger partial charge in [0.25, 0.3) is 11.8 Å². The van der Waals surface area contributed by atoms with E-state index in [0.29, 0.717) is 70.8 Å². The fourth-order valence-corrected chi connectivity index (χ4v) is 10.5. The van der Waals surface area contributed by atoms with Crippen LogP contribution in [0.1, 0.15) is 77.3 Å². The summed E-state index contributed by atoms with van der Waals surface area (Å²) < 4.78 is 37.1. The van der Waals surface area contributed by atoms with Crippen LogP contribution in [0.15, 0.2) is 48.5 Å². The molecule has 7 rings (SSSR count). The molecule has 2 aromatic rings. The van der Waals surface area contributed by atoms with Gasteiger partial charge in [-0.05, 0) is 55.9 Å². The average Bonchev–Trinajstić information content (AvgIpc) is 4.03. The van der Waals surface area contributed by atoms with E-state index in [1.165, 1.54) is 16.4 Å². The third kappa shape index (κ3) is 11.8. The summed E-state index contributed by atoms with van der Waals surface area (Å²) in [4.78, 5) is 94.8. The fourth-order valence-electron chi connectivity index (χ4n) is 8.49. The molecule has 7 amide bonds. The average molecular weight is 925 g/mol. The Morgan fingerprint density at radius 1 is 0.906 bits per heavy atom. The Morgan fingerprint density at radius 2 is 1.67 bits per heavy atom. The SMILES string of the molecule is CS(=O)(=O)N1CCC(C(=O)N[C@@H](CCOCCCC(=O)N2CCN(CCCOc3ccc4c(c3)C(=O)N(C3CCC(=O)NC3=O)C4=O)CC2)C(=O)NC2NC(c3ccccc3)CS2)C1. The second-order valence-corrected chi connectivity index (χ2v) is 19.7. The normalized spacial score (nSPS) is 23.5. The maximum absolute atomic E-state index is 13.5. The lowest BCUT2D eigenvalue weighted by Gasteiger charge is -2.34. The number of piperazine rings is 1. The van der Waals surface area contributed by atoms with Gasteiger partial charge in [-0.2, -0.15) is 0 Å². The number of rotatable bonds is 19. The van der Waals surface area contributed by atoms with Crippen LogP contribution in [0.2, 0.25) is 0 Å². The second kappa shape index (κ2) is 21.4. The molecule has 0 radical (unpaired) electrons. The Morgan fingerprint density at radius 3 is 2.41 bits per heavy atom. The van der Waals surface area contributed by atoms with E-state index in [4.69, 9.17) is 9.47 Å². The molecule has 64 heavy (non-hydrogen) atoms. The van der Waals surface area contributed by atoms with Crippen molar-refractivity contribution < 1.29 is 51.5 Å². The first-order valence-electron chi connectivity index (χ1n) is 21.8. The molecule has 0 aromatic heterocycles. The predicted octanol–water partition coefficient (Wildman–Crippen LogP) is 0.432. The number of carbonyl (C=O) groups excluding carboxylic acids is 7. The second-order valence-electron chi connectivity index (χ2n) is 16.6. The summed E-state index contributed by atoms with van der Waals surface area (Å²) in [6.45, 7) is 4.47. The van der Waals surface area contributed by atoms with Gasteiger partial charge in [-0.15, -0.1) is 11.8 Å². The molecule has 4 unspecified atom stereocenters. The largest absolute Gasteiger partial charge is 0.494 e. The number of fused-ring (bicyclic) bond motifs is 1. The number of imide groups is 2. The smallest absolute Gasteiger partial charge is 0.262 e. The van der Waals surface area contributed by atoms with Gasteiger partial charge in [0, 0.05) is 83.7 Å². The molecule has 4 N–H and O–H groups in total. The van der Waals surface area contributed by atoms with Gasteiger partial charge in [0.05, 0.1) is 29.9 Å². The maximum Gasteiger partial charge on any atom is 0.262 e. The van der Waals surface area contributed by atoms with Crippen molar-refractivity contribution in [3.63, 3.8) is 0 Å². The monoisotopic (exact) mass is 924 g/mol. The Labute approximate surface area is 376 Å². The number of thioether (sulfide) groups is 1. The minimum absolute atomic E-state index is 0.0342. The molecule has 0 bridgehead atoms. The Kier molecular flexibility index (Phi) is 15.7. The van der Waals surface area contributed by atoms with Crippen LogP contribution < -0.4 is 26.0 Å². The van der Waals surface area contributed by atoms with E-state index in [9.17, 15) is 42.0 Å². The zero-order chi connectivity index (χ0) is 45.4. The molecule has 5 heterocycles. The third-order valence-electron chi connectivity index (χ3n) is 12.1. The molecular formula is C43H56N8O11S2. The molecule has 5 aliphatic rings. The lowest BCUT2D eigenvalue weighted by Crippen LogP contribution is -2.54. The van der Waals surface area contributed by atoms with Crippen LogP contribution in [0.5, 0.6) is 5.75 Å². The molecule has 5 atom stereocenters. The van der Waals surface area contributed by atoms with Crippen molar-refractivity contribution in [1.82, 2.24) is 40.3 Å². The summed E-state index contributed by atoms with van der Waals surface area (Å²) >= 11 is 1.56. The number of ether oxygens (including phenoxy) is 2. The molecule has 0 aliphatic carbocycles. The molecule has 21 heteroatoms. The van der Waals surface area contributed by atoms with Crippen molar-refractivity contribution >= 4 is 63.1 Å². The fraction of sp³-hybridized carbons (Fsp3) is 0.558. The summed E-state index contributed by atoms with van der Waals surface area (Å²) in [7, 11) is -3.44. The van der Waals surface area contributed by atoms with Crippen molar-refractivity contribution in [3.8, 4) is 5.75 Å². The first-order chi connectivity index (χ1) is 30.7. The van der Waals surface area contributed by atoms with E-state index in [1.807, 2.05) is 35.2 Å². The van der Waals surface area contributed by atoms with E-state index >= 15 is 0 Å². The highest BCUT2D eigenvalue weighted by Crippen LogP contribution is 2.31. The standard InChI is InChI=1S/C43H56N8O11S2/c1-64(59,60)50-17-14-29(26-50)38(54)44-33(39(55)47-43-45-34(27-63-43)28-7-3-2-4-8-28)15-24-61-22-5-9-37(53)49-20-18-48(19-21-49)16-6-23-62-30-10-11-31-32(25-30)42(58)51(41(31)57)35-12-13-36(52)46-40(35)56/h2-4,7-8,10-11,25,29,33-35,43,45H,5-6,9,12-24,26-27H2,1H3,(H,44,54)(H,47,55)(H,46,52,56)/t29?,33-,34?,35?,43?/m0/s1. The minimum atomic E-state index is -3.44. The van der Waals surface area contributed by atoms with E-state index in [-0.39, 0.29) is 79.3 Å². The summed E-state index contributed by atoms with van der Waals surface area (Å²) in [5.74, 6) is -2.34. The van der Waals surface area contributed by atoms with Gasteiger partial charge in [-0.25, -0.2) is 12.7 Å². The molecule has 0 spiro atoms. The zero-order valence-corrected chi connectivity index (χ0v) is 37.5. The van der Waals surface area contributed by atoms with Crippen LogP contribution in [-0.4, -0.2) is 164 Å². The molecule has 4 fully saturated rings. The molecular weight excluding hydrogens is 869 g/mol. The lowest BCUT2D eigenvalue weighted by atomic mass is 10.0. The van der Waals surface area contributed by atoms with Crippen LogP contribution >= 0.6 is 11.8 Å². The summed E-state index contributed by atoms with van der Waals surface area (Å²) in [6.07, 6.45) is 3.30. The topological polar surface area (TPSA) is 233 Å². The Balaban J connectivity index is 0.784. The van der Waals surface area contributed by atoms with Crippen LogP contribution in [-0.2, 0) is 38.7 Å². The molecule has 2 aromatic carbocycles. The number of hydrogen-bond donors (Lipinski definition) is 4. The van der Waals surface area contributed by atoms with Gasteiger partial charge in [-0.1, -0.05) is 30.3 Å². The number of sulfonamides is 1. The zero-order valence-electron chi connectivity index (χ0n) is 35.8. The van der Waals surface area contributed by atoms with Gasteiger partial charge in [0.2, 0.25) is 39.6 Å². The predicted molar refractivity (Wildman–Crippen MR) is 234 cm³/mol. The quantitative estimate of drug-likeness (QED) is 0.111. The molecule has 5 aliphatic heterocycles. The van der Waals surface area contributed by atoms with Gasteiger partial charge < -0.3 is 25.0 Å². The number of amides is 7. The highest BCUT2D eigenvalue weighted by Gasteiger charge is 2.45. The third-order valence-corrected chi connectivity index (χ3v) is 14.5. The van der Waals surface area contributed by atoms with Crippen molar-refractivity contribution in [2.75, 3.05) is 77.6 Å². The first-order valence-corrected chi connectivity index (χ1v) is 24.7. The van der Waals surface area contributed by atoms with Gasteiger partial charge in [-0.3, -0.25) is 54.0 Å². The van der Waals surface area contributed by atoms with Crippen molar-refractivity contribution in [1.29, 1.82) is 0 Å². The number of carbonyl (C=O) groups is 7. The molecule has 0 saturated carbocycles. The van der Waals surface area contributed by atoms with Gasteiger partial charge >= 0.3 is 0 Å². The van der Waals surface area contributed by atoms with Gasteiger partial charge in [0.15, 0.2) is 0 Å². The number of hydrogen-bond acceptors (Lipinski definition) is 14. The van der Waals surface area contributed by atoms with Gasteiger partial charge in [0.1, 0.15) is 23.3 Å². The molecule has 4 saturated heterocycles. The first kappa shape index (κ1) is 47.0. The van der Waals surface area contributed by atoms with E-state index in [1.54, 1.807) is 17.8 Å². The van der Waals surface area contributed by atoms with Crippen LogP contribution in [0.4, 0.5) is 0 Å². The highest BCUT2D eigenvalue weighted by atomic mass is 32.2. The number of piperidine rings is 1. The molecule has 346 valence electrons. The van der Waals surface area contributed by atoms with Crippen LogP contribution in [0.25, 0.3) is 0 Å². The Hall–Kier alpha value is -4.93. The van der Waals surface area contributed by atoms with Crippen molar-refractivity contribution in [2.45, 2.75) is 68.6 Å². The number of nitrogens with one attached hydrogen (secondary N) is 4. The lowest BCUT2D eigenvalue weighted by molar-refractivity contribution is -0.136.